The Kier molecular flexibility index (Phi) is 3.96. The molecule has 1 aromatic rings. The molecule has 1 unspecified atom stereocenters. The predicted molar refractivity (Wildman–Crippen MR) is 88.9 cm³/mol. The first-order chi connectivity index (χ1) is 10.3. The number of fused-ring (bicyclic) bond motifs is 1. The molecule has 2 fully saturated rings. The third-order valence-electron chi connectivity index (χ3n) is 5.59. The van der Waals surface area contributed by atoms with Crippen molar-refractivity contribution in [3.63, 3.8) is 0 Å². The van der Waals surface area contributed by atoms with Crippen molar-refractivity contribution in [2.24, 2.45) is 5.92 Å². The first-order valence-corrected chi connectivity index (χ1v) is 9.36. The summed E-state index contributed by atoms with van der Waals surface area (Å²) in [7, 11) is 0. The van der Waals surface area contributed by atoms with Crippen LogP contribution in [0.15, 0.2) is 4.47 Å². The van der Waals surface area contributed by atoms with E-state index in [1.54, 1.807) is 0 Å². The summed E-state index contributed by atoms with van der Waals surface area (Å²) in [5.41, 5.74) is 1.30. The van der Waals surface area contributed by atoms with E-state index in [-0.39, 0.29) is 0 Å². The van der Waals surface area contributed by atoms with Crippen LogP contribution in [0.2, 0.25) is 0 Å². The highest BCUT2D eigenvalue weighted by molar-refractivity contribution is 9.10. The molecule has 1 saturated heterocycles. The zero-order chi connectivity index (χ0) is 14.2. The van der Waals surface area contributed by atoms with Crippen molar-refractivity contribution in [3.8, 4) is 0 Å². The van der Waals surface area contributed by atoms with E-state index < -0.39 is 0 Å². The highest BCUT2D eigenvalue weighted by Gasteiger charge is 2.34. The Labute approximate surface area is 135 Å². The molecule has 4 rings (SSSR count). The Bertz CT molecular complexity index is 501. The van der Waals surface area contributed by atoms with Crippen LogP contribution < -0.4 is 10.6 Å². The van der Waals surface area contributed by atoms with Gasteiger partial charge in [0.1, 0.15) is 5.82 Å². The van der Waals surface area contributed by atoms with Crippen molar-refractivity contribution in [3.05, 3.63) is 10.2 Å². The van der Waals surface area contributed by atoms with Gasteiger partial charge < -0.3 is 10.6 Å². The van der Waals surface area contributed by atoms with Crippen molar-refractivity contribution in [2.45, 2.75) is 56.9 Å². The number of piperidine rings is 1. The molecule has 3 aliphatic rings. The SMILES string of the molecule is Brc1c(C2CCNCC2)nn2c1NCCC2C1CCCC1. The van der Waals surface area contributed by atoms with Crippen molar-refractivity contribution in [1.82, 2.24) is 15.1 Å². The first-order valence-electron chi connectivity index (χ1n) is 8.57. The van der Waals surface area contributed by atoms with Gasteiger partial charge in [0.2, 0.25) is 0 Å². The summed E-state index contributed by atoms with van der Waals surface area (Å²) in [4.78, 5) is 0. The Hall–Kier alpha value is -0.550. The van der Waals surface area contributed by atoms with Crippen molar-refractivity contribution < 1.29 is 0 Å². The van der Waals surface area contributed by atoms with E-state index in [1.165, 1.54) is 60.9 Å². The van der Waals surface area contributed by atoms with Crippen molar-refractivity contribution in [1.29, 1.82) is 0 Å². The number of halogens is 1. The molecular weight excluding hydrogens is 328 g/mol. The normalized spacial score (nSPS) is 27.6. The van der Waals surface area contributed by atoms with Gasteiger partial charge in [0.05, 0.1) is 16.2 Å². The van der Waals surface area contributed by atoms with Crippen molar-refractivity contribution >= 4 is 21.7 Å². The molecule has 0 bridgehead atoms. The number of nitrogens with one attached hydrogen (secondary N) is 2. The molecule has 1 atom stereocenters. The molecule has 1 aliphatic carbocycles. The van der Waals surface area contributed by atoms with Gasteiger partial charge in [0, 0.05) is 12.5 Å². The van der Waals surface area contributed by atoms with Crippen LogP contribution >= 0.6 is 15.9 Å². The van der Waals surface area contributed by atoms with E-state index in [1.807, 2.05) is 0 Å². The average molecular weight is 353 g/mol. The van der Waals surface area contributed by atoms with Crippen LogP contribution in [0, 0.1) is 5.92 Å². The van der Waals surface area contributed by atoms with E-state index in [9.17, 15) is 0 Å². The number of hydrogen-bond acceptors (Lipinski definition) is 3. The summed E-state index contributed by atoms with van der Waals surface area (Å²) in [6, 6.07) is 0.621. The minimum absolute atomic E-state index is 0.616. The summed E-state index contributed by atoms with van der Waals surface area (Å²) in [6.45, 7) is 3.34. The number of anilines is 1. The summed E-state index contributed by atoms with van der Waals surface area (Å²) in [5, 5.41) is 12.1. The molecule has 1 aromatic heterocycles. The van der Waals surface area contributed by atoms with Gasteiger partial charge in [0.25, 0.3) is 0 Å². The maximum atomic E-state index is 5.08. The van der Waals surface area contributed by atoms with E-state index in [4.69, 9.17) is 5.10 Å². The Morgan fingerprint density at radius 1 is 1.00 bits per heavy atom. The van der Waals surface area contributed by atoms with Gasteiger partial charge in [-0.3, -0.25) is 0 Å². The maximum absolute atomic E-state index is 5.08. The minimum atomic E-state index is 0.616. The topological polar surface area (TPSA) is 41.9 Å². The fraction of sp³-hybridized carbons (Fsp3) is 0.812. The Balaban J connectivity index is 1.65. The smallest absolute Gasteiger partial charge is 0.139 e. The van der Waals surface area contributed by atoms with Crippen LogP contribution in [0.1, 0.15) is 62.6 Å². The van der Waals surface area contributed by atoms with Crippen LogP contribution in [0.25, 0.3) is 0 Å². The molecule has 4 nitrogen and oxygen atoms in total. The number of rotatable bonds is 2. The number of aromatic nitrogens is 2. The second-order valence-corrected chi connectivity index (χ2v) is 7.64. The standard InChI is InChI=1S/C16H25BrN4/c17-14-15(12-5-8-18-9-6-12)20-21-13(7-10-19-16(14)21)11-3-1-2-4-11/h11-13,18-19H,1-10H2. The third-order valence-corrected chi connectivity index (χ3v) is 6.38. The quantitative estimate of drug-likeness (QED) is 0.853. The highest BCUT2D eigenvalue weighted by Crippen LogP contribution is 2.43. The molecule has 0 radical (unpaired) electrons. The minimum Gasteiger partial charge on any atom is -0.369 e. The van der Waals surface area contributed by atoms with Gasteiger partial charge in [-0.25, -0.2) is 4.68 Å². The molecule has 2 aliphatic heterocycles. The summed E-state index contributed by atoms with van der Waals surface area (Å²) in [5.74, 6) is 2.70. The molecule has 2 N–H and O–H groups in total. The predicted octanol–water partition coefficient (Wildman–Crippen LogP) is 3.66. The van der Waals surface area contributed by atoms with Gasteiger partial charge in [0.15, 0.2) is 0 Å². The zero-order valence-corrected chi connectivity index (χ0v) is 14.2. The zero-order valence-electron chi connectivity index (χ0n) is 12.6. The average Bonchev–Trinajstić information content (AvgIpc) is 3.17. The van der Waals surface area contributed by atoms with Crippen LogP contribution in [0.5, 0.6) is 0 Å². The molecule has 0 spiro atoms. The lowest BCUT2D eigenvalue weighted by molar-refractivity contribution is 0.287. The largest absolute Gasteiger partial charge is 0.369 e. The van der Waals surface area contributed by atoms with E-state index in [0.717, 1.165) is 25.6 Å². The lowest BCUT2D eigenvalue weighted by Gasteiger charge is -2.30. The van der Waals surface area contributed by atoms with Crippen molar-refractivity contribution in [2.75, 3.05) is 25.0 Å². The maximum Gasteiger partial charge on any atom is 0.139 e. The van der Waals surface area contributed by atoms with Crippen LogP contribution in [0.3, 0.4) is 0 Å². The fourth-order valence-corrected chi connectivity index (χ4v) is 5.15. The lowest BCUT2D eigenvalue weighted by Crippen LogP contribution is -2.28. The van der Waals surface area contributed by atoms with Gasteiger partial charge in [-0.15, -0.1) is 0 Å². The van der Waals surface area contributed by atoms with Gasteiger partial charge in [-0.2, -0.15) is 5.10 Å². The van der Waals surface area contributed by atoms with E-state index >= 15 is 0 Å². The molecule has 3 heterocycles. The Morgan fingerprint density at radius 2 is 1.76 bits per heavy atom. The molecule has 0 amide bonds. The highest BCUT2D eigenvalue weighted by atomic mass is 79.9. The molecule has 1 saturated carbocycles. The van der Waals surface area contributed by atoms with E-state index in [2.05, 4.69) is 31.2 Å². The van der Waals surface area contributed by atoms with Crippen LogP contribution in [0.4, 0.5) is 5.82 Å². The third kappa shape index (κ3) is 2.52. The second-order valence-electron chi connectivity index (χ2n) is 6.84. The van der Waals surface area contributed by atoms with Gasteiger partial charge >= 0.3 is 0 Å². The molecule has 116 valence electrons. The fourth-order valence-electron chi connectivity index (χ4n) is 4.42. The first kappa shape index (κ1) is 14.1. The van der Waals surface area contributed by atoms with E-state index in [0.29, 0.717) is 12.0 Å². The summed E-state index contributed by atoms with van der Waals surface area (Å²) < 4.78 is 3.57. The van der Waals surface area contributed by atoms with Crippen LogP contribution in [-0.2, 0) is 0 Å². The van der Waals surface area contributed by atoms with Crippen LogP contribution in [-0.4, -0.2) is 29.4 Å². The van der Waals surface area contributed by atoms with Gasteiger partial charge in [-0.05, 0) is 67.0 Å². The second kappa shape index (κ2) is 5.92. The molecule has 0 aromatic carbocycles. The Morgan fingerprint density at radius 3 is 2.52 bits per heavy atom. The van der Waals surface area contributed by atoms with Gasteiger partial charge in [-0.1, -0.05) is 12.8 Å². The lowest BCUT2D eigenvalue weighted by atomic mass is 9.94. The monoisotopic (exact) mass is 352 g/mol. The number of nitrogens with zero attached hydrogens (tertiary/aromatic N) is 2. The molecular formula is C16H25BrN4. The summed E-state index contributed by atoms with van der Waals surface area (Å²) in [6.07, 6.45) is 9.26. The number of hydrogen-bond donors (Lipinski definition) is 2. The molecule has 5 heteroatoms. The molecule has 21 heavy (non-hydrogen) atoms. The summed E-state index contributed by atoms with van der Waals surface area (Å²) >= 11 is 3.84.